The van der Waals surface area contributed by atoms with Crippen molar-refractivity contribution in [2.24, 2.45) is 0 Å². The Bertz CT molecular complexity index is 792. The third-order valence-electron chi connectivity index (χ3n) is 3.38. The Morgan fingerprint density at radius 2 is 1.71 bits per heavy atom. The van der Waals surface area contributed by atoms with Crippen LogP contribution < -0.4 is 9.62 Å². The maximum Gasteiger partial charge on any atom is 0.253 e. The van der Waals surface area contributed by atoms with Gasteiger partial charge in [0.15, 0.2) is 0 Å². The van der Waals surface area contributed by atoms with Crippen molar-refractivity contribution in [2.75, 3.05) is 22.9 Å². The van der Waals surface area contributed by atoms with Gasteiger partial charge >= 0.3 is 0 Å². The molecule has 0 aliphatic heterocycles. The number of para-hydroxylation sites is 1. The highest BCUT2D eigenvalue weighted by Gasteiger charge is 2.23. The molecule has 1 N–H and O–H groups in total. The number of carbonyl (C=O) groups excluding carboxylic acids is 1. The Kier molecular flexibility index (Phi) is 6.28. The van der Waals surface area contributed by atoms with E-state index in [2.05, 4.69) is 17.9 Å². The summed E-state index contributed by atoms with van der Waals surface area (Å²) in [7, 11) is -3.55. The van der Waals surface area contributed by atoms with E-state index in [1.54, 1.807) is 24.3 Å². The summed E-state index contributed by atoms with van der Waals surface area (Å²) in [5.74, 6) is 0.189. The van der Waals surface area contributed by atoms with Gasteiger partial charge < -0.3 is 5.32 Å². The predicted octanol–water partition coefficient (Wildman–Crippen LogP) is 2.31. The van der Waals surface area contributed by atoms with E-state index in [0.29, 0.717) is 23.5 Å². The van der Waals surface area contributed by atoms with Crippen LogP contribution in [0, 0.1) is 0 Å². The summed E-state index contributed by atoms with van der Waals surface area (Å²) >= 11 is 4.07. The molecule has 24 heavy (non-hydrogen) atoms. The summed E-state index contributed by atoms with van der Waals surface area (Å²) < 4.78 is 25.9. The lowest BCUT2D eigenvalue weighted by molar-refractivity contribution is 0.0957. The Balaban J connectivity index is 2.42. The Hall–Kier alpha value is -1.99. The van der Waals surface area contributed by atoms with Crippen molar-refractivity contribution < 1.29 is 13.2 Å². The molecule has 0 fully saturated rings. The van der Waals surface area contributed by atoms with E-state index in [9.17, 15) is 13.2 Å². The number of benzene rings is 2. The summed E-state index contributed by atoms with van der Waals surface area (Å²) in [6, 6.07) is 15.9. The Morgan fingerprint density at radius 1 is 1.08 bits per heavy atom. The number of hydrogen-bond acceptors (Lipinski definition) is 4. The highest BCUT2D eigenvalue weighted by molar-refractivity contribution is 7.92. The second-order valence-corrected chi connectivity index (χ2v) is 7.61. The molecule has 2 aromatic carbocycles. The molecular weight excluding hydrogens is 344 g/mol. The summed E-state index contributed by atoms with van der Waals surface area (Å²) in [4.78, 5) is 12.3. The fourth-order valence-corrected chi connectivity index (χ4v) is 3.29. The molecule has 0 heterocycles. The van der Waals surface area contributed by atoms with Crippen LogP contribution in [0.2, 0.25) is 0 Å². The summed E-state index contributed by atoms with van der Waals surface area (Å²) in [5, 5.41) is 2.72. The zero-order valence-corrected chi connectivity index (χ0v) is 15.1. The van der Waals surface area contributed by atoms with Gasteiger partial charge in [-0.1, -0.05) is 42.5 Å². The molecule has 0 saturated heterocycles. The second-order valence-electron chi connectivity index (χ2n) is 5.25. The van der Waals surface area contributed by atoms with E-state index >= 15 is 0 Å². The lowest BCUT2D eigenvalue weighted by Crippen LogP contribution is -2.33. The Morgan fingerprint density at radius 3 is 2.33 bits per heavy atom. The van der Waals surface area contributed by atoms with Crippen LogP contribution in [0.25, 0.3) is 0 Å². The van der Waals surface area contributed by atoms with Crippen molar-refractivity contribution in [1.82, 2.24) is 5.32 Å². The largest absolute Gasteiger partial charge is 0.351 e. The number of nitrogens with zero attached hydrogens (tertiary/aromatic N) is 1. The first-order valence-electron chi connectivity index (χ1n) is 7.43. The van der Waals surface area contributed by atoms with Crippen molar-refractivity contribution >= 4 is 34.2 Å². The third kappa shape index (κ3) is 4.75. The fourth-order valence-electron chi connectivity index (χ4n) is 2.28. The van der Waals surface area contributed by atoms with E-state index < -0.39 is 10.0 Å². The minimum absolute atomic E-state index is 0.163. The van der Waals surface area contributed by atoms with Crippen molar-refractivity contribution in [3.8, 4) is 0 Å². The molecular formula is C17H20N2O3S2. The van der Waals surface area contributed by atoms with E-state index in [1.165, 1.54) is 4.31 Å². The predicted molar refractivity (Wildman–Crippen MR) is 100 cm³/mol. The van der Waals surface area contributed by atoms with Crippen molar-refractivity contribution in [1.29, 1.82) is 0 Å². The molecule has 2 rings (SSSR count). The van der Waals surface area contributed by atoms with Crippen LogP contribution in [0.4, 0.5) is 5.69 Å². The van der Waals surface area contributed by atoms with Gasteiger partial charge in [0.1, 0.15) is 0 Å². The first kappa shape index (κ1) is 18.4. The second kappa shape index (κ2) is 8.21. The molecule has 0 spiro atoms. The highest BCUT2D eigenvalue weighted by Crippen LogP contribution is 2.25. The van der Waals surface area contributed by atoms with Crippen molar-refractivity contribution in [3.63, 3.8) is 0 Å². The molecule has 5 nitrogen and oxygen atoms in total. The van der Waals surface area contributed by atoms with Crippen molar-refractivity contribution in [2.45, 2.75) is 6.54 Å². The number of sulfonamides is 1. The molecule has 2 aromatic rings. The maximum absolute atomic E-state index is 12.3. The standard InChI is InChI=1S/C17H20N2O3S2/c1-24(21,22)19(13-14-7-3-2-4-8-14)16-10-6-5-9-15(16)17(20)18-11-12-23/h2-10,23H,11-13H2,1H3,(H,18,20). The van der Waals surface area contributed by atoms with Crippen molar-refractivity contribution in [3.05, 3.63) is 65.7 Å². The van der Waals surface area contributed by atoms with E-state index in [4.69, 9.17) is 0 Å². The number of hydrogen-bond donors (Lipinski definition) is 2. The normalized spacial score (nSPS) is 11.1. The smallest absolute Gasteiger partial charge is 0.253 e. The summed E-state index contributed by atoms with van der Waals surface area (Å²) in [6.07, 6.45) is 1.14. The van der Waals surface area contributed by atoms with Crippen LogP contribution in [0.15, 0.2) is 54.6 Å². The van der Waals surface area contributed by atoms with Gasteiger partial charge in [-0.2, -0.15) is 12.6 Å². The fraction of sp³-hybridized carbons (Fsp3) is 0.235. The van der Waals surface area contributed by atoms with Crippen LogP contribution in [0.1, 0.15) is 15.9 Å². The number of anilines is 1. The highest BCUT2D eigenvalue weighted by atomic mass is 32.2. The molecule has 7 heteroatoms. The first-order chi connectivity index (χ1) is 11.4. The van der Waals surface area contributed by atoms with Gasteiger partial charge in [-0.05, 0) is 17.7 Å². The van der Waals surface area contributed by atoms with Gasteiger partial charge in [0.25, 0.3) is 5.91 Å². The Labute approximate surface area is 148 Å². The number of amides is 1. The molecule has 0 atom stereocenters. The van der Waals surface area contributed by atoms with Crippen LogP contribution in [0.3, 0.4) is 0 Å². The van der Waals surface area contributed by atoms with Gasteiger partial charge in [-0.15, -0.1) is 0 Å². The number of thiol groups is 1. The van der Waals surface area contributed by atoms with E-state index in [1.807, 2.05) is 30.3 Å². The molecule has 1 amide bonds. The zero-order valence-electron chi connectivity index (χ0n) is 13.3. The van der Waals surface area contributed by atoms with Crippen LogP contribution in [-0.4, -0.2) is 32.9 Å². The molecule has 0 aliphatic carbocycles. The van der Waals surface area contributed by atoms with Crippen LogP contribution in [0.5, 0.6) is 0 Å². The van der Waals surface area contributed by atoms with Gasteiger partial charge in [-0.3, -0.25) is 9.10 Å². The van der Waals surface area contributed by atoms with Gasteiger partial charge in [0, 0.05) is 12.3 Å². The lowest BCUT2D eigenvalue weighted by Gasteiger charge is -2.24. The lowest BCUT2D eigenvalue weighted by atomic mass is 10.1. The minimum atomic E-state index is -3.55. The van der Waals surface area contributed by atoms with Gasteiger partial charge in [0.2, 0.25) is 10.0 Å². The average molecular weight is 364 g/mol. The molecule has 0 bridgehead atoms. The van der Waals surface area contributed by atoms with Gasteiger partial charge in [-0.25, -0.2) is 8.42 Å². The summed E-state index contributed by atoms with van der Waals surface area (Å²) in [5.41, 5.74) is 1.52. The summed E-state index contributed by atoms with van der Waals surface area (Å²) in [6.45, 7) is 0.574. The quantitative estimate of drug-likeness (QED) is 0.741. The average Bonchev–Trinajstić information content (AvgIpc) is 2.57. The molecule has 0 unspecified atom stereocenters. The van der Waals surface area contributed by atoms with Gasteiger partial charge in [0.05, 0.1) is 24.1 Å². The SMILES string of the molecule is CS(=O)(=O)N(Cc1ccccc1)c1ccccc1C(=O)NCCS. The maximum atomic E-state index is 12.3. The monoisotopic (exact) mass is 364 g/mol. The molecule has 0 aromatic heterocycles. The van der Waals surface area contributed by atoms with Crippen LogP contribution in [-0.2, 0) is 16.6 Å². The first-order valence-corrected chi connectivity index (χ1v) is 9.91. The minimum Gasteiger partial charge on any atom is -0.351 e. The zero-order chi connectivity index (χ0) is 17.6. The third-order valence-corrected chi connectivity index (χ3v) is 4.73. The molecule has 128 valence electrons. The topological polar surface area (TPSA) is 66.5 Å². The number of rotatable bonds is 7. The number of nitrogens with one attached hydrogen (secondary N) is 1. The molecule has 0 radical (unpaired) electrons. The van der Waals surface area contributed by atoms with E-state index in [0.717, 1.165) is 11.8 Å². The van der Waals surface area contributed by atoms with Crippen LogP contribution >= 0.6 is 12.6 Å². The molecule has 0 aliphatic rings. The van der Waals surface area contributed by atoms with E-state index in [-0.39, 0.29) is 12.5 Å². The molecule has 0 saturated carbocycles. The number of carbonyl (C=O) groups is 1.